The maximum absolute atomic E-state index is 12.1. The molecule has 6 nitrogen and oxygen atoms in total. The summed E-state index contributed by atoms with van der Waals surface area (Å²) in [7, 11) is 0. The molecule has 3 rings (SSSR count). The van der Waals surface area contributed by atoms with Crippen molar-refractivity contribution in [3.05, 3.63) is 70.2 Å². The smallest absolute Gasteiger partial charge is 0.251 e. The van der Waals surface area contributed by atoms with E-state index >= 15 is 0 Å². The van der Waals surface area contributed by atoms with Gasteiger partial charge in [0.2, 0.25) is 5.91 Å². The lowest BCUT2D eigenvalue weighted by molar-refractivity contribution is -0.120. The lowest BCUT2D eigenvalue weighted by atomic mass is 10.1. The summed E-state index contributed by atoms with van der Waals surface area (Å²) in [5, 5.41) is 5.90. The number of hydrogen-bond donors (Lipinski definition) is 2. The average Bonchev–Trinajstić information content (AvgIpc) is 2.70. The number of nitrogens with one attached hydrogen (secondary N) is 2. The molecule has 1 aliphatic rings. The maximum Gasteiger partial charge on any atom is 0.251 e. The predicted molar refractivity (Wildman–Crippen MR) is 117 cm³/mol. The highest BCUT2D eigenvalue weighted by molar-refractivity contribution is 6.30. The van der Waals surface area contributed by atoms with Crippen molar-refractivity contribution in [2.75, 3.05) is 19.6 Å². The normalized spacial score (nSPS) is 19.3. The van der Waals surface area contributed by atoms with E-state index < -0.39 is 0 Å². The maximum atomic E-state index is 12.1. The fourth-order valence-corrected chi connectivity index (χ4v) is 3.78. The van der Waals surface area contributed by atoms with Crippen LogP contribution < -0.4 is 10.6 Å². The van der Waals surface area contributed by atoms with E-state index in [-0.39, 0.29) is 30.6 Å². The third kappa shape index (κ3) is 6.83. The lowest BCUT2D eigenvalue weighted by Crippen LogP contribution is -2.44. The van der Waals surface area contributed by atoms with Crippen molar-refractivity contribution in [3.8, 4) is 0 Å². The van der Waals surface area contributed by atoms with Crippen LogP contribution in [-0.4, -0.2) is 48.6 Å². The standard InChI is InChI=1S/C23H28ClN3O3/c1-16-13-27(14-17(2)30-16)15-19-8-6-18(7-9-19)11-25-22(28)12-26-23(29)20-4-3-5-21(24)10-20/h3-10,16-17H,11-15H2,1-2H3,(H,25,28)(H,26,29). The minimum atomic E-state index is -0.330. The van der Waals surface area contributed by atoms with Gasteiger partial charge in [0.1, 0.15) is 0 Å². The summed E-state index contributed by atoms with van der Waals surface area (Å²) < 4.78 is 5.78. The van der Waals surface area contributed by atoms with E-state index in [4.69, 9.17) is 16.3 Å². The monoisotopic (exact) mass is 429 g/mol. The van der Waals surface area contributed by atoms with Gasteiger partial charge in [-0.15, -0.1) is 0 Å². The summed E-state index contributed by atoms with van der Waals surface area (Å²) in [5.74, 6) is -0.575. The highest BCUT2D eigenvalue weighted by Gasteiger charge is 2.21. The third-order valence-corrected chi connectivity index (χ3v) is 5.15. The van der Waals surface area contributed by atoms with Gasteiger partial charge in [-0.25, -0.2) is 0 Å². The molecule has 1 aliphatic heterocycles. The number of hydrogen-bond acceptors (Lipinski definition) is 4. The second-order valence-electron chi connectivity index (χ2n) is 7.74. The Morgan fingerprint density at radius 1 is 1.03 bits per heavy atom. The zero-order valence-corrected chi connectivity index (χ0v) is 18.1. The fourth-order valence-electron chi connectivity index (χ4n) is 3.59. The van der Waals surface area contributed by atoms with E-state index in [1.165, 1.54) is 5.56 Å². The molecule has 0 radical (unpaired) electrons. The van der Waals surface area contributed by atoms with Gasteiger partial charge >= 0.3 is 0 Å². The summed E-state index contributed by atoms with van der Waals surface area (Å²) in [6.07, 6.45) is 0.505. The van der Waals surface area contributed by atoms with Crippen molar-refractivity contribution in [2.45, 2.75) is 39.1 Å². The molecule has 2 atom stereocenters. The Bertz CT molecular complexity index is 862. The Labute approximate surface area is 182 Å². The van der Waals surface area contributed by atoms with E-state index in [0.717, 1.165) is 25.2 Å². The molecular weight excluding hydrogens is 402 g/mol. The first-order valence-electron chi connectivity index (χ1n) is 10.1. The Morgan fingerprint density at radius 3 is 2.37 bits per heavy atom. The van der Waals surface area contributed by atoms with Crippen molar-refractivity contribution in [1.82, 2.24) is 15.5 Å². The first kappa shape index (κ1) is 22.3. The number of nitrogens with zero attached hydrogens (tertiary/aromatic N) is 1. The molecule has 0 aromatic heterocycles. The number of carbonyl (C=O) groups excluding carboxylic acids is 2. The minimum absolute atomic E-state index is 0.0865. The van der Waals surface area contributed by atoms with Crippen LogP contribution in [0.1, 0.15) is 35.3 Å². The zero-order chi connectivity index (χ0) is 21.5. The highest BCUT2D eigenvalue weighted by atomic mass is 35.5. The topological polar surface area (TPSA) is 70.7 Å². The molecule has 0 saturated carbocycles. The minimum Gasteiger partial charge on any atom is -0.373 e. The molecule has 2 aromatic carbocycles. The number of carbonyl (C=O) groups is 2. The SMILES string of the molecule is CC1CN(Cc2ccc(CNC(=O)CNC(=O)c3cccc(Cl)c3)cc2)CC(C)O1. The van der Waals surface area contributed by atoms with Crippen LogP contribution in [-0.2, 0) is 22.6 Å². The number of morpholine rings is 1. The van der Waals surface area contributed by atoms with Gasteiger partial charge in [0.05, 0.1) is 18.8 Å². The Hall–Kier alpha value is -2.41. The van der Waals surface area contributed by atoms with Crippen molar-refractivity contribution in [2.24, 2.45) is 0 Å². The molecule has 2 aromatic rings. The van der Waals surface area contributed by atoms with Gasteiger partial charge in [0, 0.05) is 36.8 Å². The van der Waals surface area contributed by atoms with E-state index in [1.807, 2.05) is 12.1 Å². The Morgan fingerprint density at radius 2 is 1.70 bits per heavy atom. The van der Waals surface area contributed by atoms with Crippen molar-refractivity contribution in [3.63, 3.8) is 0 Å². The molecule has 0 bridgehead atoms. The molecule has 1 heterocycles. The molecule has 1 fully saturated rings. The lowest BCUT2D eigenvalue weighted by Gasteiger charge is -2.35. The van der Waals surface area contributed by atoms with Gasteiger partial charge < -0.3 is 15.4 Å². The van der Waals surface area contributed by atoms with Crippen LogP contribution in [0.15, 0.2) is 48.5 Å². The number of halogens is 1. The van der Waals surface area contributed by atoms with E-state index in [2.05, 4.69) is 41.5 Å². The number of benzene rings is 2. The summed E-state index contributed by atoms with van der Waals surface area (Å²) >= 11 is 5.88. The predicted octanol–water partition coefficient (Wildman–Crippen LogP) is 3.00. The highest BCUT2D eigenvalue weighted by Crippen LogP contribution is 2.15. The zero-order valence-electron chi connectivity index (χ0n) is 17.4. The molecule has 160 valence electrons. The largest absolute Gasteiger partial charge is 0.373 e. The number of ether oxygens (including phenoxy) is 1. The van der Waals surface area contributed by atoms with Crippen LogP contribution in [0.4, 0.5) is 0 Å². The third-order valence-electron chi connectivity index (χ3n) is 4.91. The summed E-state index contributed by atoms with van der Waals surface area (Å²) in [4.78, 5) is 26.5. The molecule has 0 spiro atoms. The second-order valence-corrected chi connectivity index (χ2v) is 8.17. The van der Waals surface area contributed by atoms with Crippen LogP contribution in [0.25, 0.3) is 0 Å². The Balaban J connectivity index is 1.41. The number of amides is 2. The van der Waals surface area contributed by atoms with Gasteiger partial charge in [0.15, 0.2) is 0 Å². The molecule has 1 saturated heterocycles. The summed E-state index contributed by atoms with van der Waals surface area (Å²) in [5.41, 5.74) is 2.67. The molecule has 7 heteroatoms. The van der Waals surface area contributed by atoms with Crippen LogP contribution >= 0.6 is 11.6 Å². The first-order valence-corrected chi connectivity index (χ1v) is 10.5. The summed E-state index contributed by atoms with van der Waals surface area (Å²) in [6.45, 7) is 7.29. The summed E-state index contributed by atoms with van der Waals surface area (Å²) in [6, 6.07) is 14.8. The molecule has 2 unspecified atom stereocenters. The van der Waals surface area contributed by atoms with Crippen molar-refractivity contribution >= 4 is 23.4 Å². The Kier molecular flexibility index (Phi) is 7.85. The average molecular weight is 430 g/mol. The van der Waals surface area contributed by atoms with Crippen LogP contribution in [0.3, 0.4) is 0 Å². The van der Waals surface area contributed by atoms with E-state index in [1.54, 1.807) is 24.3 Å². The van der Waals surface area contributed by atoms with Crippen LogP contribution in [0, 0.1) is 0 Å². The first-order chi connectivity index (χ1) is 14.4. The van der Waals surface area contributed by atoms with Crippen molar-refractivity contribution < 1.29 is 14.3 Å². The fraction of sp³-hybridized carbons (Fsp3) is 0.391. The molecular formula is C23H28ClN3O3. The van der Waals surface area contributed by atoms with Crippen molar-refractivity contribution in [1.29, 1.82) is 0 Å². The van der Waals surface area contributed by atoms with E-state index in [9.17, 15) is 9.59 Å². The van der Waals surface area contributed by atoms with Crippen LogP contribution in [0.2, 0.25) is 5.02 Å². The van der Waals surface area contributed by atoms with E-state index in [0.29, 0.717) is 17.1 Å². The van der Waals surface area contributed by atoms with Gasteiger partial charge in [0.25, 0.3) is 5.91 Å². The van der Waals surface area contributed by atoms with Crippen LogP contribution in [0.5, 0.6) is 0 Å². The second kappa shape index (κ2) is 10.6. The number of rotatable bonds is 7. The quantitative estimate of drug-likeness (QED) is 0.709. The molecule has 30 heavy (non-hydrogen) atoms. The van der Waals surface area contributed by atoms with Gasteiger partial charge in [-0.2, -0.15) is 0 Å². The van der Waals surface area contributed by atoms with Gasteiger partial charge in [-0.05, 0) is 43.2 Å². The van der Waals surface area contributed by atoms with Gasteiger partial charge in [-0.3, -0.25) is 14.5 Å². The molecule has 0 aliphatic carbocycles. The molecule has 2 amide bonds. The van der Waals surface area contributed by atoms with Gasteiger partial charge in [-0.1, -0.05) is 41.9 Å². The molecule has 2 N–H and O–H groups in total.